The van der Waals surface area contributed by atoms with Gasteiger partial charge in [0.15, 0.2) is 11.5 Å². The van der Waals surface area contributed by atoms with E-state index in [2.05, 4.69) is 0 Å². The molecular weight excluding hydrogens is 434 g/mol. The summed E-state index contributed by atoms with van der Waals surface area (Å²) in [5, 5.41) is 8.68. The molecule has 0 aromatic heterocycles. The van der Waals surface area contributed by atoms with E-state index in [1.807, 2.05) is 6.07 Å². The van der Waals surface area contributed by atoms with Crippen LogP contribution in [0.5, 0.6) is 11.5 Å². The molecule has 94 valence electrons. The number of halogens is 2. The van der Waals surface area contributed by atoms with Gasteiger partial charge in [0.25, 0.3) is 0 Å². The molecule has 0 spiro atoms. The van der Waals surface area contributed by atoms with Crippen LogP contribution in [0.4, 0.5) is 0 Å². The van der Waals surface area contributed by atoms with Gasteiger partial charge in [-0.05, 0) is 12.1 Å². The van der Waals surface area contributed by atoms with Crippen molar-refractivity contribution in [1.29, 1.82) is 5.26 Å². The Morgan fingerprint density at radius 1 is 1.25 bits per heavy atom. The van der Waals surface area contributed by atoms with E-state index in [-0.39, 0.29) is 6.15 Å². The van der Waals surface area contributed by atoms with Gasteiger partial charge in [0.05, 0.1) is 19.8 Å². The molecule has 0 aliphatic rings. The Morgan fingerprint density at radius 2 is 1.81 bits per heavy atom. The molecule has 1 rings (SSSR count). The first-order chi connectivity index (χ1) is 7.24. The summed E-state index contributed by atoms with van der Waals surface area (Å²) in [6.45, 7) is 0. The minimum absolute atomic E-state index is 0. The zero-order chi connectivity index (χ0) is 11.7. The molecule has 1 aromatic carbocycles. The van der Waals surface area contributed by atoms with E-state index in [0.29, 0.717) is 17.1 Å². The summed E-state index contributed by atoms with van der Waals surface area (Å²) in [7, 11) is 12.8. The van der Waals surface area contributed by atoms with E-state index in [1.54, 1.807) is 25.3 Å². The van der Waals surface area contributed by atoms with Crippen LogP contribution in [0.15, 0.2) is 18.2 Å². The van der Waals surface area contributed by atoms with Gasteiger partial charge in [-0.1, -0.05) is 6.07 Å². The molecular formula is C9H12Cl2N2O2Pt. The molecule has 4 nitrogen and oxygen atoms in total. The van der Waals surface area contributed by atoms with E-state index < -0.39 is 16.5 Å². The number of benzene rings is 1. The minimum atomic E-state index is -0.472. The van der Waals surface area contributed by atoms with Crippen LogP contribution in [0, 0.1) is 11.3 Å². The van der Waals surface area contributed by atoms with Crippen LogP contribution in [0.25, 0.3) is 0 Å². The van der Waals surface area contributed by atoms with Crippen molar-refractivity contribution in [1.82, 2.24) is 6.15 Å². The predicted molar refractivity (Wildman–Crippen MR) is 61.0 cm³/mol. The Labute approximate surface area is 111 Å². The van der Waals surface area contributed by atoms with Crippen LogP contribution in [0.2, 0.25) is 0 Å². The molecule has 0 aliphatic heterocycles. The summed E-state index contributed by atoms with van der Waals surface area (Å²) in [6, 6.07) is 7.20. The number of methoxy groups -OCH3 is 2. The second-order valence-electron chi connectivity index (χ2n) is 2.20. The fraction of sp³-hybridized carbons (Fsp3) is 0.222. The molecule has 0 heterocycles. The van der Waals surface area contributed by atoms with Crippen molar-refractivity contribution in [3.8, 4) is 17.6 Å². The Bertz CT molecular complexity index is 345. The summed E-state index contributed by atoms with van der Waals surface area (Å²) in [5.41, 5.74) is 0.483. The van der Waals surface area contributed by atoms with Crippen LogP contribution in [-0.2, 0) is 16.5 Å². The van der Waals surface area contributed by atoms with Crippen LogP contribution < -0.4 is 15.6 Å². The van der Waals surface area contributed by atoms with Crippen molar-refractivity contribution in [3.05, 3.63) is 23.8 Å². The average molecular weight is 446 g/mol. The third-order valence-electron chi connectivity index (χ3n) is 1.52. The molecule has 0 atom stereocenters. The standard InChI is InChI=1S/C9H9NO2.2ClH.H3N.Pt/c1-11-8-5-3-4-7(6-10)9(8)12-2;;;;/h3-5H,1-2H3;2*1H;1H3;/q;;;;+2/p-2. The van der Waals surface area contributed by atoms with Crippen LogP contribution in [0.1, 0.15) is 5.56 Å². The van der Waals surface area contributed by atoms with Crippen LogP contribution in [-0.4, -0.2) is 14.2 Å². The number of para-hydroxylation sites is 1. The number of nitriles is 1. The van der Waals surface area contributed by atoms with E-state index >= 15 is 0 Å². The molecule has 0 fully saturated rings. The molecule has 7 heteroatoms. The number of ether oxygens (including phenoxy) is 2. The van der Waals surface area contributed by atoms with Crippen LogP contribution >= 0.6 is 18.8 Å². The fourth-order valence-corrected chi connectivity index (χ4v) is 0.975. The van der Waals surface area contributed by atoms with E-state index in [0.717, 1.165) is 0 Å². The van der Waals surface area contributed by atoms with Gasteiger partial charge in [-0.15, -0.1) is 0 Å². The number of rotatable bonds is 2. The van der Waals surface area contributed by atoms with Crippen molar-refractivity contribution in [2.75, 3.05) is 14.2 Å². The Balaban J connectivity index is 0. The molecule has 0 saturated heterocycles. The van der Waals surface area contributed by atoms with Crippen molar-refractivity contribution in [2.24, 2.45) is 0 Å². The molecule has 16 heavy (non-hydrogen) atoms. The van der Waals surface area contributed by atoms with Crippen molar-refractivity contribution < 1.29 is 26.0 Å². The van der Waals surface area contributed by atoms with Gasteiger partial charge in [0.1, 0.15) is 6.07 Å². The quantitative estimate of drug-likeness (QED) is 0.758. The molecule has 3 N–H and O–H groups in total. The number of hydrogen-bond acceptors (Lipinski definition) is 4. The van der Waals surface area contributed by atoms with Gasteiger partial charge in [-0.25, -0.2) is 0 Å². The van der Waals surface area contributed by atoms with Crippen molar-refractivity contribution in [3.63, 3.8) is 0 Å². The van der Waals surface area contributed by atoms with Gasteiger partial charge in [-0.3, -0.25) is 0 Å². The summed E-state index contributed by atoms with van der Waals surface area (Å²) >= 11 is -0.472. The maximum atomic E-state index is 8.68. The third-order valence-corrected chi connectivity index (χ3v) is 1.52. The van der Waals surface area contributed by atoms with Gasteiger partial charge in [-0.2, -0.15) is 5.26 Å². The second-order valence-corrected chi connectivity index (χ2v) is 5.48. The molecule has 0 aliphatic carbocycles. The molecule has 1 aromatic rings. The maximum absolute atomic E-state index is 8.68. The summed E-state index contributed by atoms with van der Waals surface area (Å²) in [6.07, 6.45) is 0. The molecule has 0 unspecified atom stereocenters. The van der Waals surface area contributed by atoms with Gasteiger partial charge in [0.2, 0.25) is 0 Å². The van der Waals surface area contributed by atoms with E-state index in [1.165, 1.54) is 7.11 Å². The van der Waals surface area contributed by atoms with E-state index in [4.69, 9.17) is 33.6 Å². The van der Waals surface area contributed by atoms with Crippen molar-refractivity contribution >= 4 is 18.8 Å². The fourth-order valence-electron chi connectivity index (χ4n) is 0.975. The Kier molecular flexibility index (Phi) is 12.4. The molecule has 0 radical (unpaired) electrons. The predicted octanol–water partition coefficient (Wildman–Crippen LogP) is 3.11. The average Bonchev–Trinajstić information content (AvgIpc) is 2.28. The normalized spacial score (nSPS) is 7.94. The van der Waals surface area contributed by atoms with Crippen molar-refractivity contribution in [2.45, 2.75) is 0 Å². The topological polar surface area (TPSA) is 77.2 Å². The molecule has 0 amide bonds. The zero-order valence-electron chi connectivity index (χ0n) is 8.78. The molecule has 0 bridgehead atoms. The third kappa shape index (κ3) is 5.58. The first kappa shape index (κ1) is 17.9. The summed E-state index contributed by atoms with van der Waals surface area (Å²) in [5.74, 6) is 1.07. The van der Waals surface area contributed by atoms with Crippen LogP contribution in [0.3, 0.4) is 0 Å². The summed E-state index contributed by atoms with van der Waals surface area (Å²) in [4.78, 5) is 0. The van der Waals surface area contributed by atoms with Gasteiger partial charge in [0, 0.05) is 0 Å². The van der Waals surface area contributed by atoms with Gasteiger partial charge < -0.3 is 15.6 Å². The summed E-state index contributed by atoms with van der Waals surface area (Å²) < 4.78 is 10.0. The van der Waals surface area contributed by atoms with E-state index in [9.17, 15) is 0 Å². The Morgan fingerprint density at radius 3 is 2.19 bits per heavy atom. The Hall–Kier alpha value is -0.462. The first-order valence-electron chi connectivity index (χ1n) is 3.68. The first-order valence-corrected chi connectivity index (χ1v) is 9.31. The SMILES string of the molecule is COc1cccc(C#N)c1OC.N.[Cl][Pt][Cl]. The second kappa shape index (κ2) is 11.0. The monoisotopic (exact) mass is 445 g/mol. The molecule has 0 saturated carbocycles. The zero-order valence-corrected chi connectivity index (χ0v) is 12.6. The number of hydrogen-bond donors (Lipinski definition) is 1. The van der Waals surface area contributed by atoms with Gasteiger partial charge >= 0.3 is 35.3 Å². The number of nitrogens with zero attached hydrogens (tertiary/aromatic N) is 1.